The molecule has 5 heteroatoms. The summed E-state index contributed by atoms with van der Waals surface area (Å²) in [6.45, 7) is 3.94. The number of rotatable bonds is 3. The summed E-state index contributed by atoms with van der Waals surface area (Å²) in [4.78, 5) is 18.4. The van der Waals surface area contributed by atoms with Crippen LogP contribution in [0.3, 0.4) is 0 Å². The van der Waals surface area contributed by atoms with E-state index in [4.69, 9.17) is 4.74 Å². The van der Waals surface area contributed by atoms with Gasteiger partial charge in [0.15, 0.2) is 0 Å². The van der Waals surface area contributed by atoms with Gasteiger partial charge in [-0.05, 0) is 18.6 Å². The number of nitrogens with zero attached hydrogens (tertiary/aromatic N) is 2. The Balaban J connectivity index is 2.13. The highest BCUT2D eigenvalue weighted by molar-refractivity contribution is 5.92. The third-order valence-electron chi connectivity index (χ3n) is 3.23. The van der Waals surface area contributed by atoms with Gasteiger partial charge in [0.2, 0.25) is 0 Å². The van der Waals surface area contributed by atoms with Gasteiger partial charge in [0.1, 0.15) is 5.69 Å². The molecule has 1 N–H and O–H groups in total. The normalized spacial score (nSPS) is 19.7. The maximum atomic E-state index is 12.4. The van der Waals surface area contributed by atoms with E-state index in [1.165, 1.54) is 0 Å². The van der Waals surface area contributed by atoms with Crippen molar-refractivity contribution in [2.75, 3.05) is 32.1 Å². The molecule has 1 aliphatic rings. The van der Waals surface area contributed by atoms with Crippen molar-refractivity contribution in [3.05, 3.63) is 24.0 Å². The van der Waals surface area contributed by atoms with E-state index in [-0.39, 0.29) is 11.9 Å². The lowest BCUT2D eigenvalue weighted by atomic mass is 10.1. The summed E-state index contributed by atoms with van der Waals surface area (Å²) in [5, 5.41) is 2.99. The maximum absolute atomic E-state index is 12.4. The van der Waals surface area contributed by atoms with Crippen LogP contribution in [0.4, 0.5) is 5.69 Å². The summed E-state index contributed by atoms with van der Waals surface area (Å²) in [7, 11) is 1.83. The van der Waals surface area contributed by atoms with Crippen LogP contribution in [0.5, 0.6) is 0 Å². The summed E-state index contributed by atoms with van der Waals surface area (Å²) in [5.74, 6) is -0.00666. The zero-order chi connectivity index (χ0) is 13.0. The highest BCUT2D eigenvalue weighted by Gasteiger charge is 2.27. The number of hydrogen-bond acceptors (Lipinski definition) is 4. The van der Waals surface area contributed by atoms with Crippen LogP contribution < -0.4 is 5.32 Å². The monoisotopic (exact) mass is 249 g/mol. The van der Waals surface area contributed by atoms with Crippen molar-refractivity contribution >= 4 is 11.6 Å². The molecule has 0 aromatic carbocycles. The summed E-state index contributed by atoms with van der Waals surface area (Å²) >= 11 is 0. The average molecular weight is 249 g/mol. The smallest absolute Gasteiger partial charge is 0.272 e. The second-order valence-electron chi connectivity index (χ2n) is 4.32. The van der Waals surface area contributed by atoms with Crippen LogP contribution in [-0.4, -0.2) is 48.6 Å². The second-order valence-corrected chi connectivity index (χ2v) is 4.32. The van der Waals surface area contributed by atoms with Crippen molar-refractivity contribution in [2.45, 2.75) is 19.4 Å². The Morgan fingerprint density at radius 3 is 3.06 bits per heavy atom. The molecule has 1 saturated heterocycles. The minimum absolute atomic E-state index is 0.00666. The van der Waals surface area contributed by atoms with Crippen LogP contribution in [-0.2, 0) is 4.74 Å². The van der Waals surface area contributed by atoms with Crippen molar-refractivity contribution in [3.63, 3.8) is 0 Å². The minimum Gasteiger partial charge on any atom is -0.387 e. The number of amides is 1. The Bertz CT molecular complexity index is 405. The summed E-state index contributed by atoms with van der Waals surface area (Å²) in [5.41, 5.74) is 1.40. The lowest BCUT2D eigenvalue weighted by Crippen LogP contribution is -2.48. The van der Waals surface area contributed by atoms with Crippen molar-refractivity contribution in [1.29, 1.82) is 0 Å². The number of anilines is 1. The van der Waals surface area contributed by atoms with E-state index in [2.05, 4.69) is 17.2 Å². The molecule has 0 spiro atoms. The predicted molar refractivity (Wildman–Crippen MR) is 69.7 cm³/mol. The molecule has 1 atom stereocenters. The highest BCUT2D eigenvalue weighted by Crippen LogP contribution is 2.14. The first-order chi connectivity index (χ1) is 8.76. The van der Waals surface area contributed by atoms with Crippen LogP contribution in [0.25, 0.3) is 0 Å². The van der Waals surface area contributed by atoms with E-state index in [0.29, 0.717) is 25.5 Å². The van der Waals surface area contributed by atoms with Crippen LogP contribution in [0, 0.1) is 0 Å². The van der Waals surface area contributed by atoms with Gasteiger partial charge in [0.05, 0.1) is 31.1 Å². The summed E-state index contributed by atoms with van der Waals surface area (Å²) in [6, 6.07) is 3.79. The quantitative estimate of drug-likeness (QED) is 0.879. The highest BCUT2D eigenvalue weighted by atomic mass is 16.5. The molecule has 0 bridgehead atoms. The summed E-state index contributed by atoms with van der Waals surface area (Å²) in [6.07, 6.45) is 2.58. The molecular weight excluding hydrogens is 230 g/mol. The molecule has 1 unspecified atom stereocenters. The van der Waals surface area contributed by atoms with E-state index in [9.17, 15) is 4.79 Å². The molecule has 98 valence electrons. The van der Waals surface area contributed by atoms with Crippen LogP contribution >= 0.6 is 0 Å². The molecule has 2 heterocycles. The Morgan fingerprint density at radius 2 is 2.44 bits per heavy atom. The van der Waals surface area contributed by atoms with E-state index in [1.807, 2.05) is 18.0 Å². The number of carbonyl (C=O) groups excluding carboxylic acids is 1. The van der Waals surface area contributed by atoms with E-state index >= 15 is 0 Å². The third-order valence-corrected chi connectivity index (χ3v) is 3.23. The van der Waals surface area contributed by atoms with Gasteiger partial charge < -0.3 is 15.0 Å². The molecule has 0 aliphatic carbocycles. The molecular formula is C13H19N3O2. The first-order valence-corrected chi connectivity index (χ1v) is 6.28. The molecule has 1 fully saturated rings. The van der Waals surface area contributed by atoms with E-state index in [1.54, 1.807) is 12.3 Å². The molecule has 5 nitrogen and oxygen atoms in total. The molecule has 1 amide bonds. The minimum atomic E-state index is -0.00666. The number of nitrogens with one attached hydrogen (secondary N) is 1. The van der Waals surface area contributed by atoms with Gasteiger partial charge in [-0.1, -0.05) is 6.92 Å². The van der Waals surface area contributed by atoms with Gasteiger partial charge in [-0.25, -0.2) is 4.98 Å². The first-order valence-electron chi connectivity index (χ1n) is 6.28. The zero-order valence-electron chi connectivity index (χ0n) is 10.8. The first kappa shape index (κ1) is 12.8. The predicted octanol–water partition coefficient (Wildman–Crippen LogP) is 1.37. The van der Waals surface area contributed by atoms with Crippen molar-refractivity contribution in [2.24, 2.45) is 0 Å². The van der Waals surface area contributed by atoms with Crippen LogP contribution in [0.1, 0.15) is 23.8 Å². The number of morpholine rings is 1. The van der Waals surface area contributed by atoms with Gasteiger partial charge in [-0.15, -0.1) is 0 Å². The van der Waals surface area contributed by atoms with Crippen LogP contribution in [0.15, 0.2) is 18.3 Å². The number of aromatic nitrogens is 1. The Hall–Kier alpha value is -1.62. The lowest BCUT2D eigenvalue weighted by molar-refractivity contribution is -0.00310. The molecule has 2 rings (SSSR count). The standard InChI is InChI=1S/C13H19N3O2/c1-3-11-9-18-7-6-16(11)13(17)12-5-4-10(14-2)8-15-12/h4-5,8,11,14H,3,6-7,9H2,1-2H3. The van der Waals surface area contributed by atoms with Gasteiger partial charge in [-0.3, -0.25) is 4.79 Å². The van der Waals surface area contributed by atoms with E-state index in [0.717, 1.165) is 12.1 Å². The van der Waals surface area contributed by atoms with Gasteiger partial charge in [-0.2, -0.15) is 0 Å². The van der Waals surface area contributed by atoms with Crippen molar-refractivity contribution in [3.8, 4) is 0 Å². The Labute approximate surface area is 107 Å². The van der Waals surface area contributed by atoms with Crippen LogP contribution in [0.2, 0.25) is 0 Å². The fourth-order valence-corrected chi connectivity index (χ4v) is 2.08. The van der Waals surface area contributed by atoms with E-state index < -0.39 is 0 Å². The zero-order valence-corrected chi connectivity index (χ0v) is 10.8. The SMILES string of the molecule is CCC1COCCN1C(=O)c1ccc(NC)cn1. The fraction of sp³-hybridized carbons (Fsp3) is 0.538. The topological polar surface area (TPSA) is 54.5 Å². The number of pyridine rings is 1. The molecule has 18 heavy (non-hydrogen) atoms. The Kier molecular flexibility index (Phi) is 4.15. The largest absolute Gasteiger partial charge is 0.387 e. The fourth-order valence-electron chi connectivity index (χ4n) is 2.08. The van der Waals surface area contributed by atoms with Gasteiger partial charge in [0.25, 0.3) is 5.91 Å². The Morgan fingerprint density at radius 1 is 1.61 bits per heavy atom. The second kappa shape index (κ2) is 5.82. The number of carbonyl (C=O) groups is 1. The average Bonchev–Trinajstić information content (AvgIpc) is 2.46. The molecule has 1 aromatic heterocycles. The van der Waals surface area contributed by atoms with Crippen molar-refractivity contribution < 1.29 is 9.53 Å². The lowest BCUT2D eigenvalue weighted by Gasteiger charge is -2.34. The summed E-state index contributed by atoms with van der Waals surface area (Å²) < 4.78 is 5.40. The van der Waals surface area contributed by atoms with Gasteiger partial charge >= 0.3 is 0 Å². The number of hydrogen-bond donors (Lipinski definition) is 1. The third kappa shape index (κ3) is 2.61. The molecule has 0 saturated carbocycles. The van der Waals surface area contributed by atoms with Crippen molar-refractivity contribution in [1.82, 2.24) is 9.88 Å². The number of ether oxygens (including phenoxy) is 1. The molecule has 1 aliphatic heterocycles. The maximum Gasteiger partial charge on any atom is 0.272 e. The van der Waals surface area contributed by atoms with Gasteiger partial charge in [0, 0.05) is 13.6 Å². The molecule has 0 radical (unpaired) electrons. The molecule has 1 aromatic rings.